The Morgan fingerprint density at radius 2 is 2.25 bits per heavy atom. The molecule has 3 aromatic rings. The lowest BCUT2D eigenvalue weighted by molar-refractivity contribution is -0.124. The fraction of sp³-hybridized carbons (Fsp3) is 0.300. The van der Waals surface area contributed by atoms with Crippen LogP contribution < -0.4 is 5.32 Å². The second-order valence-electron chi connectivity index (χ2n) is 6.76. The van der Waals surface area contributed by atoms with Gasteiger partial charge >= 0.3 is 0 Å². The quantitative estimate of drug-likeness (QED) is 0.659. The van der Waals surface area contributed by atoms with Crippen molar-refractivity contribution in [2.45, 2.75) is 26.2 Å². The van der Waals surface area contributed by atoms with E-state index in [-0.39, 0.29) is 11.8 Å². The van der Waals surface area contributed by atoms with E-state index in [4.69, 9.17) is 4.42 Å². The molecule has 1 fully saturated rings. The smallest absolute Gasteiger partial charge is 0.246 e. The summed E-state index contributed by atoms with van der Waals surface area (Å²) < 4.78 is 5.23. The predicted octanol–water partition coefficient (Wildman–Crippen LogP) is 3.92. The number of carbonyl (C=O) groups is 1. The zero-order valence-corrected chi connectivity index (χ0v) is 16.6. The van der Waals surface area contributed by atoms with Crippen LogP contribution in [0, 0.1) is 13.8 Å². The summed E-state index contributed by atoms with van der Waals surface area (Å²) in [5.41, 5.74) is 1.93. The number of likely N-dealkylation sites (tertiary alicyclic amines) is 1. The summed E-state index contributed by atoms with van der Waals surface area (Å²) in [6, 6.07) is 5.58. The first-order chi connectivity index (χ1) is 13.6. The maximum atomic E-state index is 12.4. The summed E-state index contributed by atoms with van der Waals surface area (Å²) in [7, 11) is 0. The molecule has 3 aromatic heterocycles. The molecular weight excluding hydrogens is 374 g/mol. The number of thiazole rings is 1. The lowest BCUT2D eigenvalue weighted by Crippen LogP contribution is -2.26. The Balaban J connectivity index is 1.44. The van der Waals surface area contributed by atoms with Crippen molar-refractivity contribution in [2.75, 3.05) is 18.4 Å². The van der Waals surface area contributed by atoms with Crippen LogP contribution >= 0.6 is 11.3 Å². The molecule has 0 radical (unpaired) electrons. The van der Waals surface area contributed by atoms with E-state index in [0.29, 0.717) is 24.7 Å². The third-order valence-electron chi connectivity index (χ3n) is 4.56. The second kappa shape index (κ2) is 7.93. The molecule has 4 heterocycles. The van der Waals surface area contributed by atoms with E-state index in [9.17, 15) is 4.79 Å². The highest BCUT2D eigenvalue weighted by Gasteiger charge is 2.27. The third-order valence-corrected chi connectivity index (χ3v) is 5.44. The number of rotatable bonds is 5. The number of furan rings is 1. The predicted molar refractivity (Wildman–Crippen MR) is 109 cm³/mol. The minimum Gasteiger partial charge on any atom is -0.465 e. The zero-order valence-electron chi connectivity index (χ0n) is 15.8. The second-order valence-corrected chi connectivity index (χ2v) is 7.62. The van der Waals surface area contributed by atoms with Crippen LogP contribution in [0.25, 0.3) is 6.08 Å². The molecule has 1 aliphatic rings. The molecule has 1 N–H and O–H groups in total. The van der Waals surface area contributed by atoms with Crippen molar-refractivity contribution in [3.63, 3.8) is 0 Å². The van der Waals surface area contributed by atoms with Crippen LogP contribution in [0.5, 0.6) is 0 Å². The number of nitrogens with zero attached hydrogens (tertiary/aromatic N) is 4. The van der Waals surface area contributed by atoms with Gasteiger partial charge in [0.2, 0.25) is 5.91 Å². The van der Waals surface area contributed by atoms with Crippen LogP contribution in [0.4, 0.5) is 10.9 Å². The molecule has 0 saturated carbocycles. The van der Waals surface area contributed by atoms with Crippen molar-refractivity contribution >= 4 is 34.3 Å². The van der Waals surface area contributed by atoms with Gasteiger partial charge in [0.1, 0.15) is 17.4 Å². The van der Waals surface area contributed by atoms with Crippen LogP contribution in [0.3, 0.4) is 0 Å². The topological polar surface area (TPSA) is 84.2 Å². The highest BCUT2D eigenvalue weighted by molar-refractivity contribution is 7.13. The fourth-order valence-corrected chi connectivity index (χ4v) is 3.93. The Morgan fingerprint density at radius 3 is 3.00 bits per heavy atom. The van der Waals surface area contributed by atoms with Crippen LogP contribution in [-0.2, 0) is 4.79 Å². The van der Waals surface area contributed by atoms with Gasteiger partial charge in [-0.1, -0.05) is 0 Å². The van der Waals surface area contributed by atoms with Gasteiger partial charge in [0.25, 0.3) is 0 Å². The number of aryl methyl sites for hydroxylation is 2. The molecule has 0 unspecified atom stereocenters. The van der Waals surface area contributed by atoms with Gasteiger partial charge < -0.3 is 14.6 Å². The molecule has 1 saturated heterocycles. The molecule has 1 amide bonds. The molecule has 0 aromatic carbocycles. The molecule has 28 heavy (non-hydrogen) atoms. The number of anilines is 2. The number of hydrogen-bond acceptors (Lipinski definition) is 7. The van der Waals surface area contributed by atoms with Crippen LogP contribution in [0.1, 0.15) is 35.3 Å². The standard InChI is InChI=1S/C20H21N5O2S/c1-13-12-28-20(21-13)24-18-10-17(22-14(2)23-18)15-7-8-25(11-15)19(26)6-5-16-4-3-9-27-16/h3-6,9-10,12,15H,7-8,11H2,1-2H3,(H,21,22,23,24)/b6-5+/t15-/m0/s1. The molecule has 0 bridgehead atoms. The van der Waals surface area contributed by atoms with E-state index in [1.165, 1.54) is 0 Å². The van der Waals surface area contributed by atoms with E-state index in [2.05, 4.69) is 20.3 Å². The zero-order chi connectivity index (χ0) is 19.5. The summed E-state index contributed by atoms with van der Waals surface area (Å²) >= 11 is 1.55. The van der Waals surface area contributed by atoms with Gasteiger partial charge in [-0.15, -0.1) is 11.3 Å². The Hall–Kier alpha value is -3.00. The van der Waals surface area contributed by atoms with E-state index >= 15 is 0 Å². The van der Waals surface area contributed by atoms with Crippen molar-refractivity contribution < 1.29 is 9.21 Å². The van der Waals surface area contributed by atoms with E-state index < -0.39 is 0 Å². The fourth-order valence-electron chi connectivity index (χ4n) is 3.23. The Morgan fingerprint density at radius 1 is 1.36 bits per heavy atom. The summed E-state index contributed by atoms with van der Waals surface area (Å²) in [6.07, 6.45) is 5.73. The average molecular weight is 395 g/mol. The van der Waals surface area contributed by atoms with Crippen LogP contribution in [0.15, 0.2) is 40.3 Å². The molecule has 7 nitrogen and oxygen atoms in total. The van der Waals surface area contributed by atoms with E-state index in [1.807, 2.05) is 36.3 Å². The third kappa shape index (κ3) is 4.28. The first kappa shape index (κ1) is 18.4. The van der Waals surface area contributed by atoms with Gasteiger partial charge in [-0.05, 0) is 38.5 Å². The molecular formula is C20H21N5O2S. The average Bonchev–Trinajstić information content (AvgIpc) is 3.41. The highest BCUT2D eigenvalue weighted by atomic mass is 32.1. The summed E-state index contributed by atoms with van der Waals surface area (Å²) in [4.78, 5) is 27.8. The molecule has 144 valence electrons. The van der Waals surface area contributed by atoms with Crippen LogP contribution in [-0.4, -0.2) is 38.8 Å². The first-order valence-corrected chi connectivity index (χ1v) is 10.00. The molecule has 1 atom stereocenters. The van der Waals surface area contributed by atoms with Gasteiger partial charge in [0, 0.05) is 36.5 Å². The number of nitrogens with one attached hydrogen (secondary N) is 1. The van der Waals surface area contributed by atoms with E-state index in [1.54, 1.807) is 35.8 Å². The van der Waals surface area contributed by atoms with Crippen LogP contribution in [0.2, 0.25) is 0 Å². The molecule has 4 rings (SSSR count). The SMILES string of the molecule is Cc1csc(Nc2cc([C@H]3CCN(C(=O)/C=C/c4ccco4)C3)nc(C)n2)n1. The van der Waals surface area contributed by atoms with Gasteiger partial charge in [0.05, 0.1) is 17.7 Å². The monoisotopic (exact) mass is 395 g/mol. The largest absolute Gasteiger partial charge is 0.465 e. The Labute approximate surface area is 167 Å². The maximum Gasteiger partial charge on any atom is 0.246 e. The number of hydrogen-bond donors (Lipinski definition) is 1. The Kier molecular flexibility index (Phi) is 5.21. The Bertz CT molecular complexity index is 996. The van der Waals surface area contributed by atoms with Gasteiger partial charge in [-0.2, -0.15) is 0 Å². The summed E-state index contributed by atoms with van der Waals surface area (Å²) in [5, 5.41) is 6.06. The van der Waals surface area contributed by atoms with Crippen molar-refractivity contribution in [1.29, 1.82) is 0 Å². The lowest BCUT2D eigenvalue weighted by Gasteiger charge is -2.15. The molecule has 0 spiro atoms. The van der Waals surface area contributed by atoms with Gasteiger partial charge in [0.15, 0.2) is 5.13 Å². The summed E-state index contributed by atoms with van der Waals surface area (Å²) in [5.74, 6) is 2.29. The summed E-state index contributed by atoms with van der Waals surface area (Å²) in [6.45, 7) is 5.20. The van der Waals surface area contributed by atoms with Gasteiger partial charge in [-0.3, -0.25) is 4.79 Å². The maximum absolute atomic E-state index is 12.4. The van der Waals surface area contributed by atoms with Crippen molar-refractivity contribution in [1.82, 2.24) is 19.9 Å². The van der Waals surface area contributed by atoms with Crippen molar-refractivity contribution in [3.8, 4) is 0 Å². The molecule has 0 aliphatic carbocycles. The minimum atomic E-state index is -0.0127. The highest BCUT2D eigenvalue weighted by Crippen LogP contribution is 2.28. The number of aromatic nitrogens is 3. The van der Waals surface area contributed by atoms with Crippen molar-refractivity contribution in [3.05, 3.63) is 58.9 Å². The first-order valence-electron chi connectivity index (χ1n) is 9.12. The minimum absolute atomic E-state index is 0.0127. The van der Waals surface area contributed by atoms with Crippen molar-refractivity contribution in [2.24, 2.45) is 0 Å². The number of amides is 1. The number of carbonyl (C=O) groups excluding carboxylic acids is 1. The normalized spacial score (nSPS) is 16.8. The van der Waals surface area contributed by atoms with E-state index in [0.717, 1.165) is 28.8 Å². The molecule has 8 heteroatoms. The lowest BCUT2D eigenvalue weighted by atomic mass is 10.0. The van der Waals surface area contributed by atoms with Gasteiger partial charge in [-0.25, -0.2) is 15.0 Å². The molecule has 1 aliphatic heterocycles.